The van der Waals surface area contributed by atoms with Crippen molar-refractivity contribution in [2.45, 2.75) is 6.18 Å². The maximum Gasteiger partial charge on any atom is 0.405 e. The number of quaternary nitrogens is 1. The molecule has 6 nitrogen and oxygen atoms in total. The largest absolute Gasteiger partial charge is 0.405 e. The molecule has 0 atom stereocenters. The molecule has 2 heterocycles. The number of anilines is 1. The zero-order valence-electron chi connectivity index (χ0n) is 11.4. The van der Waals surface area contributed by atoms with Crippen LogP contribution in [0.4, 0.5) is 19.1 Å². The van der Waals surface area contributed by atoms with Crippen LogP contribution in [0, 0.1) is 0 Å². The maximum absolute atomic E-state index is 12.0. The van der Waals surface area contributed by atoms with Gasteiger partial charge in [0.1, 0.15) is 6.54 Å². The van der Waals surface area contributed by atoms with Crippen LogP contribution in [0.15, 0.2) is 18.5 Å². The Morgan fingerprint density at radius 3 is 2.48 bits per heavy atom. The molecule has 0 radical (unpaired) electrons. The Bertz CT molecular complexity index is 460. The second kappa shape index (κ2) is 6.70. The summed E-state index contributed by atoms with van der Waals surface area (Å²) in [5.74, 6) is 0.0600. The number of aromatic nitrogens is 2. The molecule has 0 aliphatic carbocycles. The van der Waals surface area contributed by atoms with E-state index in [2.05, 4.69) is 9.97 Å². The third-order valence-corrected chi connectivity index (χ3v) is 3.20. The van der Waals surface area contributed by atoms with E-state index >= 15 is 0 Å². The normalized spacial score (nSPS) is 16.8. The van der Waals surface area contributed by atoms with Crippen LogP contribution in [0.3, 0.4) is 0 Å². The first-order valence-electron chi connectivity index (χ1n) is 6.63. The first-order valence-corrected chi connectivity index (χ1v) is 6.63. The van der Waals surface area contributed by atoms with Gasteiger partial charge in [0, 0.05) is 12.4 Å². The Hall–Kier alpha value is -1.90. The van der Waals surface area contributed by atoms with Gasteiger partial charge in [0.25, 0.3) is 5.91 Å². The van der Waals surface area contributed by atoms with Crippen molar-refractivity contribution in [2.24, 2.45) is 0 Å². The number of amides is 1. The number of piperazine rings is 1. The van der Waals surface area contributed by atoms with Gasteiger partial charge >= 0.3 is 6.18 Å². The molecule has 0 saturated carbocycles. The molecule has 1 aromatic heterocycles. The molecule has 2 rings (SSSR count). The van der Waals surface area contributed by atoms with Gasteiger partial charge in [0.2, 0.25) is 5.95 Å². The minimum Gasteiger partial charge on any atom is -0.342 e. The first-order chi connectivity index (χ1) is 9.94. The Labute approximate surface area is 120 Å². The molecule has 9 heteroatoms. The highest BCUT2D eigenvalue weighted by Crippen LogP contribution is 2.11. The van der Waals surface area contributed by atoms with Crippen LogP contribution in [0.2, 0.25) is 0 Å². The van der Waals surface area contributed by atoms with Crippen LogP contribution in [0.5, 0.6) is 0 Å². The predicted octanol–water partition coefficient (Wildman–Crippen LogP) is -1.14. The third kappa shape index (κ3) is 5.18. The lowest BCUT2D eigenvalue weighted by molar-refractivity contribution is -0.892. The predicted molar refractivity (Wildman–Crippen MR) is 68.9 cm³/mol. The van der Waals surface area contributed by atoms with E-state index in [0.29, 0.717) is 32.1 Å². The second-order valence-electron chi connectivity index (χ2n) is 4.85. The van der Waals surface area contributed by atoms with Gasteiger partial charge in [0.05, 0.1) is 26.2 Å². The number of carbonyl (C=O) groups excluding carboxylic acids is 1. The van der Waals surface area contributed by atoms with Crippen molar-refractivity contribution in [2.75, 3.05) is 44.2 Å². The van der Waals surface area contributed by atoms with Crippen molar-refractivity contribution in [3.05, 3.63) is 18.5 Å². The quantitative estimate of drug-likeness (QED) is 0.738. The van der Waals surface area contributed by atoms with Crippen LogP contribution < -0.4 is 15.1 Å². The zero-order chi connectivity index (χ0) is 15.3. The zero-order valence-corrected chi connectivity index (χ0v) is 11.4. The van der Waals surface area contributed by atoms with Crippen LogP contribution in [0.25, 0.3) is 0 Å². The lowest BCUT2D eigenvalue weighted by Gasteiger charge is -2.31. The molecule has 21 heavy (non-hydrogen) atoms. The van der Waals surface area contributed by atoms with Gasteiger partial charge in [-0.15, -0.1) is 0 Å². The first kappa shape index (κ1) is 15.5. The van der Waals surface area contributed by atoms with Crippen LogP contribution in [0.1, 0.15) is 0 Å². The molecule has 1 aromatic rings. The second-order valence-corrected chi connectivity index (χ2v) is 4.85. The number of hydrogen-bond donors (Lipinski definition) is 2. The van der Waals surface area contributed by atoms with E-state index in [1.807, 2.05) is 10.2 Å². The lowest BCUT2D eigenvalue weighted by Crippen LogP contribution is -3.16. The van der Waals surface area contributed by atoms with E-state index in [1.165, 1.54) is 0 Å². The van der Waals surface area contributed by atoms with Crippen molar-refractivity contribution in [3.63, 3.8) is 0 Å². The molecular formula is C12H17F3N5O+. The summed E-state index contributed by atoms with van der Waals surface area (Å²) in [7, 11) is 0. The molecular weight excluding hydrogens is 287 g/mol. The Morgan fingerprint density at radius 2 is 1.90 bits per heavy atom. The van der Waals surface area contributed by atoms with E-state index in [-0.39, 0.29) is 6.54 Å². The molecule has 1 aliphatic rings. The van der Waals surface area contributed by atoms with Crippen LogP contribution in [-0.4, -0.2) is 61.3 Å². The molecule has 116 valence electrons. The molecule has 1 amide bonds. The fourth-order valence-corrected chi connectivity index (χ4v) is 2.14. The molecule has 0 aromatic carbocycles. The highest BCUT2D eigenvalue weighted by Gasteiger charge is 2.29. The third-order valence-electron chi connectivity index (χ3n) is 3.20. The van der Waals surface area contributed by atoms with E-state index in [0.717, 1.165) is 4.90 Å². The van der Waals surface area contributed by atoms with Crippen molar-refractivity contribution < 1.29 is 22.9 Å². The van der Waals surface area contributed by atoms with Crippen molar-refractivity contribution in [3.8, 4) is 0 Å². The average molecular weight is 304 g/mol. The Balaban J connectivity index is 1.73. The lowest BCUT2D eigenvalue weighted by atomic mass is 10.3. The van der Waals surface area contributed by atoms with Crippen LogP contribution >= 0.6 is 0 Å². The number of halogens is 3. The van der Waals surface area contributed by atoms with Gasteiger partial charge in [-0.3, -0.25) is 4.79 Å². The molecule has 1 fully saturated rings. The van der Waals surface area contributed by atoms with Gasteiger partial charge < -0.3 is 15.1 Å². The van der Waals surface area contributed by atoms with Crippen LogP contribution in [-0.2, 0) is 4.79 Å². The van der Waals surface area contributed by atoms with Crippen molar-refractivity contribution >= 4 is 11.9 Å². The van der Waals surface area contributed by atoms with E-state index in [4.69, 9.17) is 0 Å². The number of rotatable bonds is 4. The number of hydrogen-bond acceptors (Lipinski definition) is 4. The molecule has 0 spiro atoms. The van der Waals surface area contributed by atoms with Crippen molar-refractivity contribution in [1.82, 2.24) is 15.3 Å². The summed E-state index contributed by atoms with van der Waals surface area (Å²) in [4.78, 5) is 22.7. The average Bonchev–Trinajstić information content (AvgIpc) is 2.46. The molecule has 1 aliphatic heterocycles. The summed E-state index contributed by atoms with van der Waals surface area (Å²) in [6, 6.07) is 1.73. The monoisotopic (exact) mass is 304 g/mol. The SMILES string of the molecule is O=C(C[NH+]1CCN(c2ncccn2)CC1)NCC(F)(F)F. The van der Waals surface area contributed by atoms with Gasteiger partial charge in [-0.1, -0.05) is 0 Å². The van der Waals surface area contributed by atoms with Gasteiger partial charge in [0.15, 0.2) is 6.54 Å². The van der Waals surface area contributed by atoms with Gasteiger partial charge in [-0.2, -0.15) is 13.2 Å². The molecule has 0 unspecified atom stereocenters. The highest BCUT2D eigenvalue weighted by molar-refractivity contribution is 5.76. The smallest absolute Gasteiger partial charge is 0.342 e. The summed E-state index contributed by atoms with van der Waals surface area (Å²) in [5, 5.41) is 1.89. The minimum atomic E-state index is -4.37. The minimum absolute atomic E-state index is 0.0551. The van der Waals surface area contributed by atoms with Gasteiger partial charge in [-0.25, -0.2) is 9.97 Å². The fraction of sp³-hybridized carbons (Fsp3) is 0.583. The van der Waals surface area contributed by atoms with Gasteiger partial charge in [-0.05, 0) is 6.07 Å². The van der Waals surface area contributed by atoms with E-state index in [9.17, 15) is 18.0 Å². The summed E-state index contributed by atoms with van der Waals surface area (Å²) < 4.78 is 36.0. The number of alkyl halides is 3. The summed E-state index contributed by atoms with van der Waals surface area (Å²) >= 11 is 0. The standard InChI is InChI=1S/C12H16F3N5O/c13-12(14,15)9-18-10(21)8-19-4-6-20(7-5-19)11-16-2-1-3-17-11/h1-3H,4-9H2,(H,18,21)/p+1. The van der Waals surface area contributed by atoms with E-state index in [1.54, 1.807) is 18.5 Å². The molecule has 2 N–H and O–H groups in total. The summed E-state index contributed by atoms with van der Waals surface area (Å²) in [6.07, 6.45) is -1.05. The number of nitrogens with one attached hydrogen (secondary N) is 2. The fourth-order valence-electron chi connectivity index (χ4n) is 2.14. The van der Waals surface area contributed by atoms with Crippen molar-refractivity contribution in [1.29, 1.82) is 0 Å². The number of carbonyl (C=O) groups is 1. The summed E-state index contributed by atoms with van der Waals surface area (Å²) in [5.41, 5.74) is 0. The number of nitrogens with zero attached hydrogens (tertiary/aromatic N) is 3. The Morgan fingerprint density at radius 1 is 1.29 bits per heavy atom. The summed E-state index contributed by atoms with van der Waals surface area (Å²) in [6.45, 7) is 1.45. The highest BCUT2D eigenvalue weighted by atomic mass is 19.4. The van der Waals surface area contributed by atoms with E-state index < -0.39 is 18.6 Å². The topological polar surface area (TPSA) is 62.6 Å². The molecule has 0 bridgehead atoms. The Kier molecular flexibility index (Phi) is 4.94. The maximum atomic E-state index is 12.0. The molecule has 1 saturated heterocycles.